The van der Waals surface area contributed by atoms with Crippen LogP contribution in [0.15, 0.2) is 28.8 Å². The van der Waals surface area contributed by atoms with Gasteiger partial charge in [0.2, 0.25) is 5.89 Å². The number of nitrogens with zero attached hydrogens (tertiary/aromatic N) is 2. The highest BCUT2D eigenvalue weighted by Gasteiger charge is 2.17. The van der Waals surface area contributed by atoms with E-state index in [-0.39, 0.29) is 24.4 Å². The Hall–Kier alpha value is -1.63. The lowest BCUT2D eigenvalue weighted by Gasteiger charge is -2.09. The molecule has 7 heteroatoms. The molecule has 0 radical (unpaired) electrons. The van der Waals surface area contributed by atoms with Crippen molar-refractivity contribution >= 4 is 12.4 Å². The molecule has 1 aromatic heterocycles. The summed E-state index contributed by atoms with van der Waals surface area (Å²) in [5, 5.41) is 3.89. The topological polar surface area (TPSA) is 83.4 Å². The summed E-state index contributed by atoms with van der Waals surface area (Å²) in [6.45, 7) is 4.63. The first-order chi connectivity index (χ1) is 10.1. The molecule has 1 aromatic carbocycles. The van der Waals surface area contributed by atoms with Crippen molar-refractivity contribution in [3.63, 3.8) is 0 Å². The second-order valence-electron chi connectivity index (χ2n) is 5.04. The second kappa shape index (κ2) is 8.73. The second-order valence-corrected chi connectivity index (χ2v) is 5.04. The van der Waals surface area contributed by atoms with Gasteiger partial charge >= 0.3 is 0 Å². The largest absolute Gasteiger partial charge is 0.497 e. The minimum absolute atomic E-state index is 0. The Balaban J connectivity index is 0.00000242. The molecule has 2 N–H and O–H groups in total. The lowest BCUT2D eigenvalue weighted by molar-refractivity contribution is 0.0998. The number of benzene rings is 1. The fourth-order valence-corrected chi connectivity index (χ4v) is 1.76. The number of ether oxygens (including phenoxy) is 2. The maximum atomic E-state index is 5.81. The number of halogens is 1. The van der Waals surface area contributed by atoms with Gasteiger partial charge in [-0.25, -0.2) is 0 Å². The Morgan fingerprint density at radius 2 is 2.05 bits per heavy atom. The molecule has 1 heterocycles. The van der Waals surface area contributed by atoms with Crippen molar-refractivity contribution in [2.45, 2.75) is 39.0 Å². The molecule has 0 aliphatic heterocycles. The molecule has 0 fully saturated rings. The highest BCUT2D eigenvalue weighted by molar-refractivity contribution is 5.85. The van der Waals surface area contributed by atoms with E-state index in [4.69, 9.17) is 19.7 Å². The lowest BCUT2D eigenvalue weighted by atomic mass is 10.1. The van der Waals surface area contributed by atoms with Gasteiger partial charge < -0.3 is 19.7 Å². The van der Waals surface area contributed by atoms with Crippen LogP contribution in [0, 0.1) is 0 Å². The van der Waals surface area contributed by atoms with Crippen LogP contribution in [0.4, 0.5) is 0 Å². The van der Waals surface area contributed by atoms with Gasteiger partial charge in [-0.2, -0.15) is 4.98 Å². The van der Waals surface area contributed by atoms with Crippen molar-refractivity contribution in [3.8, 4) is 5.75 Å². The molecule has 2 unspecified atom stereocenters. The van der Waals surface area contributed by atoms with E-state index in [2.05, 4.69) is 10.1 Å². The summed E-state index contributed by atoms with van der Waals surface area (Å²) in [4.78, 5) is 4.29. The summed E-state index contributed by atoms with van der Waals surface area (Å²) in [5.74, 6) is 1.92. The van der Waals surface area contributed by atoms with E-state index in [9.17, 15) is 0 Å². The fraction of sp³-hybridized carbons (Fsp3) is 0.467. The molecule has 0 saturated carbocycles. The van der Waals surface area contributed by atoms with Gasteiger partial charge in [-0.1, -0.05) is 24.2 Å². The lowest BCUT2D eigenvalue weighted by Crippen LogP contribution is -2.22. The number of hydrogen-bond donors (Lipinski definition) is 1. The zero-order valence-electron chi connectivity index (χ0n) is 13.0. The number of nitrogens with two attached hydrogens (primary N) is 1. The molecule has 0 spiro atoms. The number of methoxy groups -OCH3 is 1. The van der Waals surface area contributed by atoms with Crippen molar-refractivity contribution in [2.75, 3.05) is 7.11 Å². The van der Waals surface area contributed by atoms with Gasteiger partial charge in [0.05, 0.1) is 19.6 Å². The summed E-state index contributed by atoms with van der Waals surface area (Å²) in [7, 11) is 1.64. The van der Waals surface area contributed by atoms with Gasteiger partial charge in [-0.15, -0.1) is 12.4 Å². The van der Waals surface area contributed by atoms with E-state index in [1.165, 1.54) is 0 Å². The molecule has 6 nitrogen and oxygen atoms in total. The van der Waals surface area contributed by atoms with Crippen molar-refractivity contribution in [3.05, 3.63) is 41.5 Å². The first-order valence-electron chi connectivity index (χ1n) is 6.89. The van der Waals surface area contributed by atoms with Crippen LogP contribution in [0.2, 0.25) is 0 Å². The summed E-state index contributed by atoms with van der Waals surface area (Å²) in [6.07, 6.45) is 0. The van der Waals surface area contributed by atoms with E-state index < -0.39 is 0 Å². The third-order valence-corrected chi connectivity index (χ3v) is 3.30. The van der Waals surface area contributed by atoms with E-state index >= 15 is 0 Å². The average Bonchev–Trinajstić information content (AvgIpc) is 2.95. The Bertz CT molecular complexity index is 575. The van der Waals surface area contributed by atoms with E-state index in [1.54, 1.807) is 7.11 Å². The summed E-state index contributed by atoms with van der Waals surface area (Å²) >= 11 is 0. The van der Waals surface area contributed by atoms with Crippen LogP contribution in [-0.4, -0.2) is 23.3 Å². The van der Waals surface area contributed by atoms with Crippen LogP contribution in [0.5, 0.6) is 5.75 Å². The van der Waals surface area contributed by atoms with Gasteiger partial charge in [0.25, 0.3) is 0 Å². The predicted molar refractivity (Wildman–Crippen MR) is 85.1 cm³/mol. The van der Waals surface area contributed by atoms with Gasteiger partial charge in [-0.3, -0.25) is 0 Å². The van der Waals surface area contributed by atoms with Crippen molar-refractivity contribution in [2.24, 2.45) is 5.73 Å². The highest BCUT2D eigenvalue weighted by atomic mass is 35.5. The Kier molecular flexibility index (Phi) is 7.31. The van der Waals surface area contributed by atoms with Gasteiger partial charge in [0.15, 0.2) is 5.82 Å². The molecule has 0 aliphatic rings. The number of hydrogen-bond acceptors (Lipinski definition) is 6. The van der Waals surface area contributed by atoms with Gasteiger partial charge in [-0.05, 0) is 24.6 Å². The van der Waals surface area contributed by atoms with E-state index in [0.29, 0.717) is 24.9 Å². The first kappa shape index (κ1) is 18.4. The van der Waals surface area contributed by atoms with Crippen LogP contribution in [0.1, 0.15) is 37.0 Å². The molecule has 2 rings (SSSR count). The van der Waals surface area contributed by atoms with Crippen molar-refractivity contribution < 1.29 is 14.0 Å². The molecule has 22 heavy (non-hydrogen) atoms. The molecule has 2 aromatic rings. The zero-order valence-corrected chi connectivity index (χ0v) is 13.8. The van der Waals surface area contributed by atoms with Crippen LogP contribution in [-0.2, 0) is 18.0 Å². The van der Waals surface area contributed by atoms with Gasteiger partial charge in [0.1, 0.15) is 12.4 Å². The normalized spacial score (nSPS) is 13.3. The highest BCUT2D eigenvalue weighted by Crippen LogP contribution is 2.16. The third-order valence-electron chi connectivity index (χ3n) is 3.30. The van der Waals surface area contributed by atoms with Crippen molar-refractivity contribution in [1.29, 1.82) is 0 Å². The molecule has 0 aliphatic carbocycles. The molecule has 0 bridgehead atoms. The molecular formula is C15H22ClN3O3. The Morgan fingerprint density at radius 1 is 1.27 bits per heavy atom. The van der Waals surface area contributed by atoms with Crippen LogP contribution in [0.25, 0.3) is 0 Å². The van der Waals surface area contributed by atoms with E-state index in [1.807, 2.05) is 38.1 Å². The third kappa shape index (κ3) is 4.98. The summed E-state index contributed by atoms with van der Waals surface area (Å²) in [6, 6.07) is 7.69. The maximum absolute atomic E-state index is 5.81. The smallest absolute Gasteiger partial charge is 0.231 e. The average molecular weight is 328 g/mol. The zero-order chi connectivity index (χ0) is 15.2. The van der Waals surface area contributed by atoms with Crippen molar-refractivity contribution in [1.82, 2.24) is 10.1 Å². The SMILES string of the molecule is COc1cccc(COCc2noc(C(C)C(C)N)n2)c1.Cl. The maximum Gasteiger partial charge on any atom is 0.231 e. The monoisotopic (exact) mass is 327 g/mol. The quantitative estimate of drug-likeness (QED) is 0.841. The standard InChI is InChI=1S/C15H21N3O3.ClH/c1-10(11(2)16)15-17-14(18-21-15)9-20-8-12-5-4-6-13(7-12)19-3;/h4-7,10-11H,8-9,16H2,1-3H3;1H. The summed E-state index contributed by atoms with van der Waals surface area (Å²) < 4.78 is 15.9. The summed E-state index contributed by atoms with van der Waals surface area (Å²) in [5.41, 5.74) is 6.84. The Morgan fingerprint density at radius 3 is 2.73 bits per heavy atom. The van der Waals surface area contributed by atoms with Crippen LogP contribution >= 0.6 is 12.4 Å². The minimum Gasteiger partial charge on any atom is -0.497 e. The predicted octanol–water partition coefficient (Wildman–Crippen LogP) is 2.67. The number of rotatable bonds is 7. The molecule has 2 atom stereocenters. The minimum atomic E-state index is -0.0315. The van der Waals surface area contributed by atoms with Gasteiger partial charge in [0, 0.05) is 6.04 Å². The van der Waals surface area contributed by atoms with E-state index in [0.717, 1.165) is 11.3 Å². The number of aromatic nitrogens is 2. The fourth-order valence-electron chi connectivity index (χ4n) is 1.76. The van der Waals surface area contributed by atoms with Crippen LogP contribution in [0.3, 0.4) is 0 Å². The molecule has 122 valence electrons. The molecular weight excluding hydrogens is 306 g/mol. The van der Waals surface area contributed by atoms with Crippen LogP contribution < -0.4 is 10.5 Å². The molecule has 0 saturated heterocycles. The Labute approximate surface area is 136 Å². The first-order valence-corrected chi connectivity index (χ1v) is 6.89. The molecule has 0 amide bonds.